The zero-order valence-electron chi connectivity index (χ0n) is 21.7. The van der Waals surface area contributed by atoms with Gasteiger partial charge in [-0.1, -0.05) is 55.2 Å². The topological polar surface area (TPSA) is 80.3 Å². The van der Waals surface area contributed by atoms with Gasteiger partial charge in [0, 0.05) is 33.8 Å². The molecule has 2 N–H and O–H groups in total. The third-order valence-corrected chi connectivity index (χ3v) is 6.82. The lowest BCUT2D eigenvalue weighted by Gasteiger charge is -2.08. The second-order valence-corrected chi connectivity index (χ2v) is 10.7. The molecule has 0 aliphatic heterocycles. The molecule has 0 radical (unpaired) electrons. The first-order chi connectivity index (χ1) is 19.2. The van der Waals surface area contributed by atoms with E-state index in [4.69, 9.17) is 44.3 Å². The highest BCUT2D eigenvalue weighted by Gasteiger charge is 2.11. The Morgan fingerprint density at radius 2 is 1.70 bits per heavy atom. The van der Waals surface area contributed by atoms with Gasteiger partial charge in [-0.25, -0.2) is 4.98 Å². The number of thiocarbonyl (C=S) groups is 1. The van der Waals surface area contributed by atoms with Gasteiger partial charge in [0.15, 0.2) is 10.7 Å². The molecule has 2 aromatic heterocycles. The van der Waals surface area contributed by atoms with E-state index >= 15 is 0 Å². The van der Waals surface area contributed by atoms with E-state index in [0.717, 1.165) is 27.8 Å². The minimum atomic E-state index is -0.381. The Morgan fingerprint density at radius 3 is 2.42 bits per heavy atom. The molecule has 2 heterocycles. The Kier molecular flexibility index (Phi) is 8.35. The summed E-state index contributed by atoms with van der Waals surface area (Å²) in [7, 11) is 0. The largest absolute Gasteiger partial charge is 0.457 e. The average molecular weight is 591 g/mol. The van der Waals surface area contributed by atoms with Gasteiger partial charge < -0.3 is 14.2 Å². The average Bonchev–Trinajstić information content (AvgIpc) is 3.57. The van der Waals surface area contributed by atoms with Crippen LogP contribution in [0.25, 0.3) is 40.0 Å². The molecule has 1 amide bonds. The van der Waals surface area contributed by atoms with E-state index in [-0.39, 0.29) is 11.0 Å². The number of fused-ring (bicyclic) bond motifs is 1. The fraction of sp³-hybridized carbons (Fsp3) is 0.129. The Balaban J connectivity index is 1.13. The molecule has 0 saturated carbocycles. The number of nitrogens with one attached hydrogen (secondary N) is 2. The van der Waals surface area contributed by atoms with Gasteiger partial charge in [-0.15, -0.1) is 0 Å². The smallest absolute Gasteiger partial charge is 0.250 e. The van der Waals surface area contributed by atoms with Gasteiger partial charge in [0.25, 0.3) is 0 Å². The van der Waals surface area contributed by atoms with Crippen molar-refractivity contribution < 1.29 is 13.6 Å². The van der Waals surface area contributed by atoms with Crippen LogP contribution in [0.4, 0.5) is 0 Å². The van der Waals surface area contributed by atoms with Crippen LogP contribution in [0.2, 0.25) is 10.0 Å². The second-order valence-electron chi connectivity index (χ2n) is 9.46. The van der Waals surface area contributed by atoms with E-state index in [2.05, 4.69) is 41.6 Å². The van der Waals surface area contributed by atoms with Crippen molar-refractivity contribution in [2.24, 2.45) is 0 Å². The fourth-order valence-corrected chi connectivity index (χ4v) is 4.72. The molecule has 0 spiro atoms. The van der Waals surface area contributed by atoms with Crippen molar-refractivity contribution in [2.45, 2.75) is 26.3 Å². The molecule has 0 fully saturated rings. The molecule has 9 heteroatoms. The van der Waals surface area contributed by atoms with Crippen LogP contribution in [0.1, 0.15) is 36.7 Å². The highest BCUT2D eigenvalue weighted by Crippen LogP contribution is 2.29. The summed E-state index contributed by atoms with van der Waals surface area (Å²) in [5.74, 6) is 1.70. The molecule has 0 saturated heterocycles. The number of amides is 1. The van der Waals surface area contributed by atoms with Gasteiger partial charge in [-0.2, -0.15) is 0 Å². The third kappa shape index (κ3) is 6.80. The summed E-state index contributed by atoms with van der Waals surface area (Å²) in [5.41, 5.74) is 5.44. The number of benzene rings is 3. The summed E-state index contributed by atoms with van der Waals surface area (Å²) in [4.78, 5) is 17.0. The fourth-order valence-electron chi connectivity index (χ4n) is 4.02. The number of carbonyl (C=O) groups is 1. The van der Waals surface area contributed by atoms with Crippen molar-refractivity contribution >= 4 is 63.6 Å². The van der Waals surface area contributed by atoms with Crippen LogP contribution >= 0.6 is 35.4 Å². The second kappa shape index (κ2) is 12.1. The summed E-state index contributed by atoms with van der Waals surface area (Å²) in [5, 5.41) is 6.91. The summed E-state index contributed by atoms with van der Waals surface area (Å²) in [6, 6.07) is 22.6. The molecule has 6 nitrogen and oxygen atoms in total. The third-order valence-electron chi connectivity index (χ3n) is 6.14. The Morgan fingerprint density at radius 1 is 0.950 bits per heavy atom. The van der Waals surface area contributed by atoms with Crippen LogP contribution in [0.5, 0.6) is 0 Å². The first kappa shape index (κ1) is 27.6. The van der Waals surface area contributed by atoms with E-state index in [1.54, 1.807) is 36.4 Å². The predicted molar refractivity (Wildman–Crippen MR) is 164 cm³/mol. The van der Waals surface area contributed by atoms with Gasteiger partial charge in [0.05, 0.1) is 0 Å². The van der Waals surface area contributed by atoms with Gasteiger partial charge in [0.1, 0.15) is 17.0 Å². The maximum atomic E-state index is 12.3. The van der Waals surface area contributed by atoms with Crippen molar-refractivity contribution in [3.63, 3.8) is 0 Å². The Hall–Kier alpha value is -3.91. The van der Waals surface area contributed by atoms with E-state index in [0.29, 0.717) is 39.9 Å². The lowest BCUT2D eigenvalue weighted by atomic mass is 10.0. The first-order valence-corrected chi connectivity index (χ1v) is 13.7. The van der Waals surface area contributed by atoms with Crippen LogP contribution in [-0.2, 0) is 11.3 Å². The number of furan rings is 1. The van der Waals surface area contributed by atoms with Crippen LogP contribution in [0.15, 0.2) is 87.7 Å². The maximum absolute atomic E-state index is 12.3. The normalized spacial score (nSPS) is 11.4. The molecule has 0 unspecified atom stereocenters. The van der Waals surface area contributed by atoms with Crippen molar-refractivity contribution in [3.05, 3.63) is 106 Å². The molecular formula is C31H25Cl2N3O3S. The van der Waals surface area contributed by atoms with E-state index in [9.17, 15) is 4.79 Å². The molecule has 5 aromatic rings. The zero-order chi connectivity index (χ0) is 28.2. The van der Waals surface area contributed by atoms with Crippen molar-refractivity contribution in [1.82, 2.24) is 15.6 Å². The molecule has 40 heavy (non-hydrogen) atoms. The van der Waals surface area contributed by atoms with Crippen molar-refractivity contribution in [2.75, 3.05) is 0 Å². The number of carbonyl (C=O) groups excluding carboxylic acids is 1. The molecule has 0 aliphatic rings. The maximum Gasteiger partial charge on any atom is 0.250 e. The zero-order valence-corrected chi connectivity index (χ0v) is 24.0. The van der Waals surface area contributed by atoms with Crippen LogP contribution in [-0.4, -0.2) is 16.0 Å². The van der Waals surface area contributed by atoms with Crippen LogP contribution < -0.4 is 10.6 Å². The highest BCUT2D eigenvalue weighted by atomic mass is 35.5. The van der Waals surface area contributed by atoms with Gasteiger partial charge in [-0.3, -0.25) is 10.1 Å². The summed E-state index contributed by atoms with van der Waals surface area (Å²) < 4.78 is 11.7. The number of rotatable bonds is 7. The molecule has 5 rings (SSSR count). The Bertz CT molecular complexity index is 1700. The number of hydrogen-bond acceptors (Lipinski definition) is 5. The van der Waals surface area contributed by atoms with E-state index in [1.165, 1.54) is 11.6 Å². The highest BCUT2D eigenvalue weighted by molar-refractivity contribution is 7.80. The number of hydrogen-bond donors (Lipinski definition) is 2. The number of halogens is 2. The minimum absolute atomic E-state index is 0.215. The van der Waals surface area contributed by atoms with Gasteiger partial charge in [0.2, 0.25) is 11.8 Å². The van der Waals surface area contributed by atoms with E-state index in [1.807, 2.05) is 30.3 Å². The standard InChI is InChI=1S/C31H25Cl2N3O3S/c1-18(2)21-7-10-28-26(15-21)35-30(39-28)20-5-3-19(4-6-20)17-34-31(40)36-29(37)12-9-25-8-11-27(38-25)22-13-23(32)16-24(33)14-22/h3-16,18H,17H2,1-2H3,(H2,34,36,37,40)/b12-9+. The molecule has 3 aromatic carbocycles. The van der Waals surface area contributed by atoms with Gasteiger partial charge >= 0.3 is 0 Å². The number of nitrogens with zero attached hydrogens (tertiary/aromatic N) is 1. The molecule has 0 aliphatic carbocycles. The SMILES string of the molecule is CC(C)c1ccc2oc(-c3ccc(CNC(=S)NC(=O)/C=C/c4ccc(-c5cc(Cl)cc(Cl)c5)o4)cc3)nc2c1. The van der Waals surface area contributed by atoms with Crippen LogP contribution in [0, 0.1) is 0 Å². The van der Waals surface area contributed by atoms with Crippen molar-refractivity contribution in [3.8, 4) is 22.8 Å². The summed E-state index contributed by atoms with van der Waals surface area (Å²) in [6.45, 7) is 4.75. The van der Waals surface area contributed by atoms with Gasteiger partial charge in [-0.05, 0) is 89.9 Å². The summed E-state index contributed by atoms with van der Waals surface area (Å²) in [6.07, 6.45) is 2.91. The molecule has 202 valence electrons. The lowest BCUT2D eigenvalue weighted by Crippen LogP contribution is -2.37. The number of aromatic nitrogens is 1. The van der Waals surface area contributed by atoms with Crippen molar-refractivity contribution in [1.29, 1.82) is 0 Å². The summed E-state index contributed by atoms with van der Waals surface area (Å²) >= 11 is 17.4. The molecule has 0 bridgehead atoms. The number of oxazole rings is 1. The minimum Gasteiger partial charge on any atom is -0.457 e. The first-order valence-electron chi connectivity index (χ1n) is 12.6. The molecular weight excluding hydrogens is 565 g/mol. The predicted octanol–water partition coefficient (Wildman–Crippen LogP) is 8.39. The monoisotopic (exact) mass is 589 g/mol. The Labute approximate surface area is 247 Å². The van der Waals surface area contributed by atoms with E-state index < -0.39 is 0 Å². The quantitative estimate of drug-likeness (QED) is 0.146. The lowest BCUT2D eigenvalue weighted by molar-refractivity contribution is -0.115. The van der Waals surface area contributed by atoms with Crippen LogP contribution in [0.3, 0.4) is 0 Å². The molecule has 0 atom stereocenters.